The number of rotatable bonds is 6. The fourth-order valence-electron chi connectivity index (χ4n) is 2.30. The molecule has 1 aromatic rings. The Morgan fingerprint density at radius 3 is 2.95 bits per heavy atom. The molecule has 1 aromatic heterocycles. The van der Waals surface area contributed by atoms with Crippen LogP contribution in [0.5, 0.6) is 0 Å². The molecule has 0 bridgehead atoms. The van der Waals surface area contributed by atoms with E-state index >= 15 is 0 Å². The average Bonchev–Trinajstić information content (AvgIpc) is 3.15. The molecule has 1 N–H and O–H groups in total. The van der Waals surface area contributed by atoms with Crippen molar-refractivity contribution in [3.05, 3.63) is 11.7 Å². The van der Waals surface area contributed by atoms with Gasteiger partial charge in [0.1, 0.15) is 0 Å². The number of nitrogens with zero attached hydrogens (tertiary/aromatic N) is 2. The zero-order valence-corrected chi connectivity index (χ0v) is 12.9. The molecular formula is C13H21N3OS2. The highest BCUT2D eigenvalue weighted by Gasteiger charge is 2.30. The maximum absolute atomic E-state index is 5.39. The van der Waals surface area contributed by atoms with Crippen molar-refractivity contribution in [3.63, 3.8) is 0 Å². The van der Waals surface area contributed by atoms with Crippen LogP contribution in [0.3, 0.4) is 0 Å². The third-order valence-electron chi connectivity index (χ3n) is 3.54. The average molecular weight is 299 g/mol. The fourth-order valence-corrected chi connectivity index (χ4v) is 5.28. The lowest BCUT2D eigenvalue weighted by atomic mass is 10.2. The van der Waals surface area contributed by atoms with E-state index < -0.39 is 0 Å². The molecule has 106 valence electrons. The Bertz CT molecular complexity index is 408. The van der Waals surface area contributed by atoms with Gasteiger partial charge in [0.05, 0.1) is 5.25 Å². The summed E-state index contributed by atoms with van der Waals surface area (Å²) in [6, 6.07) is 0.747. The molecule has 1 saturated heterocycles. The Morgan fingerprint density at radius 1 is 1.32 bits per heavy atom. The smallest absolute Gasteiger partial charge is 0.227 e. The number of nitrogens with one attached hydrogen (secondary N) is 1. The zero-order chi connectivity index (χ0) is 13.1. The van der Waals surface area contributed by atoms with E-state index in [4.69, 9.17) is 4.52 Å². The highest BCUT2D eigenvalue weighted by Crippen LogP contribution is 2.42. The van der Waals surface area contributed by atoms with E-state index in [-0.39, 0.29) is 0 Å². The Balaban J connectivity index is 1.55. The number of hydrogen-bond donors (Lipinski definition) is 1. The molecule has 3 rings (SSSR count). The van der Waals surface area contributed by atoms with Crippen molar-refractivity contribution >= 4 is 23.5 Å². The van der Waals surface area contributed by atoms with E-state index in [9.17, 15) is 0 Å². The van der Waals surface area contributed by atoms with Gasteiger partial charge in [-0.3, -0.25) is 0 Å². The normalized spacial score (nSPS) is 27.6. The van der Waals surface area contributed by atoms with Crippen molar-refractivity contribution in [2.24, 2.45) is 0 Å². The van der Waals surface area contributed by atoms with Crippen molar-refractivity contribution in [3.8, 4) is 0 Å². The van der Waals surface area contributed by atoms with Gasteiger partial charge in [-0.15, -0.1) is 11.8 Å². The van der Waals surface area contributed by atoms with E-state index in [1.54, 1.807) is 0 Å². The Kier molecular flexibility index (Phi) is 4.71. The maximum atomic E-state index is 5.39. The molecule has 0 radical (unpaired) electrons. The summed E-state index contributed by atoms with van der Waals surface area (Å²) >= 11 is 4.03. The van der Waals surface area contributed by atoms with Gasteiger partial charge in [-0.25, -0.2) is 0 Å². The molecule has 2 heterocycles. The summed E-state index contributed by atoms with van der Waals surface area (Å²) in [5.74, 6) is 4.13. The second kappa shape index (κ2) is 6.50. The van der Waals surface area contributed by atoms with E-state index in [1.165, 1.54) is 30.8 Å². The van der Waals surface area contributed by atoms with Crippen LogP contribution >= 0.6 is 23.5 Å². The van der Waals surface area contributed by atoms with Crippen LogP contribution in [0.2, 0.25) is 0 Å². The molecule has 2 fully saturated rings. The van der Waals surface area contributed by atoms with Gasteiger partial charge in [-0.05, 0) is 19.3 Å². The first-order valence-corrected chi connectivity index (χ1v) is 9.25. The molecule has 2 unspecified atom stereocenters. The summed E-state index contributed by atoms with van der Waals surface area (Å²) in [6.45, 7) is 3.20. The van der Waals surface area contributed by atoms with Crippen molar-refractivity contribution < 1.29 is 4.52 Å². The number of hydrogen-bond acceptors (Lipinski definition) is 6. The molecule has 6 heteroatoms. The summed E-state index contributed by atoms with van der Waals surface area (Å²) in [5, 5.41) is 8.73. The maximum Gasteiger partial charge on any atom is 0.227 e. The summed E-state index contributed by atoms with van der Waals surface area (Å²) in [5.41, 5.74) is 0. The molecule has 1 aliphatic heterocycles. The van der Waals surface area contributed by atoms with Crippen molar-refractivity contribution in [1.29, 1.82) is 0 Å². The Morgan fingerprint density at radius 2 is 2.16 bits per heavy atom. The molecular weight excluding hydrogens is 278 g/mol. The van der Waals surface area contributed by atoms with Crippen LogP contribution in [0, 0.1) is 0 Å². The lowest BCUT2D eigenvalue weighted by Crippen LogP contribution is -2.20. The van der Waals surface area contributed by atoms with Gasteiger partial charge in [0, 0.05) is 35.8 Å². The van der Waals surface area contributed by atoms with Crippen LogP contribution < -0.4 is 5.32 Å². The van der Waals surface area contributed by atoms with Crippen LogP contribution in [-0.2, 0) is 6.42 Å². The van der Waals surface area contributed by atoms with Gasteiger partial charge in [0.2, 0.25) is 5.89 Å². The Hall–Kier alpha value is -0.200. The number of thioether (sulfide) groups is 2. The van der Waals surface area contributed by atoms with Gasteiger partial charge in [0.15, 0.2) is 5.82 Å². The topological polar surface area (TPSA) is 51.0 Å². The summed E-state index contributed by atoms with van der Waals surface area (Å²) in [7, 11) is 0. The minimum atomic E-state index is 0.414. The van der Waals surface area contributed by atoms with Gasteiger partial charge < -0.3 is 9.84 Å². The van der Waals surface area contributed by atoms with Crippen molar-refractivity contribution in [1.82, 2.24) is 15.5 Å². The molecule has 1 aliphatic carbocycles. The van der Waals surface area contributed by atoms with E-state index in [1.807, 2.05) is 11.8 Å². The minimum Gasteiger partial charge on any atom is -0.339 e. The third-order valence-corrected chi connectivity index (χ3v) is 6.78. The molecule has 0 spiro atoms. The molecule has 0 amide bonds. The highest BCUT2D eigenvalue weighted by atomic mass is 32.2. The first-order chi connectivity index (χ1) is 9.36. The third kappa shape index (κ3) is 3.67. The molecule has 1 saturated carbocycles. The summed E-state index contributed by atoms with van der Waals surface area (Å²) < 4.78 is 5.39. The van der Waals surface area contributed by atoms with Crippen LogP contribution in [0.1, 0.15) is 43.2 Å². The molecule has 19 heavy (non-hydrogen) atoms. The number of aromatic nitrogens is 2. The highest BCUT2D eigenvalue weighted by molar-refractivity contribution is 8.06. The van der Waals surface area contributed by atoms with Crippen LogP contribution in [0.15, 0.2) is 4.52 Å². The standard InChI is InChI=1S/C13H21N3OS2/c1-2-10-12(19-8-7-18-10)13-15-11(17-16-13)5-6-14-9-3-4-9/h9-10,12,14H,2-8H2,1H3. The van der Waals surface area contributed by atoms with Gasteiger partial charge in [-0.2, -0.15) is 16.7 Å². The summed E-state index contributed by atoms with van der Waals surface area (Å²) in [6.07, 6.45) is 4.67. The monoisotopic (exact) mass is 299 g/mol. The zero-order valence-electron chi connectivity index (χ0n) is 11.3. The Labute approximate surface area is 122 Å². The van der Waals surface area contributed by atoms with Crippen LogP contribution in [0.25, 0.3) is 0 Å². The summed E-state index contributed by atoms with van der Waals surface area (Å²) in [4.78, 5) is 4.60. The fraction of sp³-hybridized carbons (Fsp3) is 0.846. The van der Waals surface area contributed by atoms with E-state index in [2.05, 4.69) is 34.1 Å². The van der Waals surface area contributed by atoms with Crippen molar-refractivity contribution in [2.45, 2.75) is 49.1 Å². The quantitative estimate of drug-likeness (QED) is 0.871. The second-order valence-corrected chi connectivity index (χ2v) is 7.73. The van der Waals surface area contributed by atoms with Crippen LogP contribution in [0.4, 0.5) is 0 Å². The SMILES string of the molecule is CCC1SCCSC1c1noc(CCNC2CC2)n1. The molecule has 0 aromatic carbocycles. The second-order valence-electron chi connectivity index (χ2n) is 5.13. The first-order valence-electron chi connectivity index (χ1n) is 7.16. The lowest BCUT2D eigenvalue weighted by Gasteiger charge is -2.27. The van der Waals surface area contributed by atoms with Gasteiger partial charge in [0.25, 0.3) is 0 Å². The van der Waals surface area contributed by atoms with Crippen molar-refractivity contribution in [2.75, 3.05) is 18.1 Å². The first kappa shape index (κ1) is 13.8. The van der Waals surface area contributed by atoms with E-state index in [0.717, 1.165) is 30.7 Å². The molecule has 2 atom stereocenters. The predicted molar refractivity (Wildman–Crippen MR) is 80.8 cm³/mol. The minimum absolute atomic E-state index is 0.414. The van der Waals surface area contributed by atoms with Crippen LogP contribution in [-0.4, -0.2) is 39.5 Å². The van der Waals surface area contributed by atoms with E-state index in [0.29, 0.717) is 10.5 Å². The largest absolute Gasteiger partial charge is 0.339 e. The molecule has 2 aliphatic rings. The van der Waals surface area contributed by atoms with Gasteiger partial charge >= 0.3 is 0 Å². The molecule has 4 nitrogen and oxygen atoms in total. The van der Waals surface area contributed by atoms with Gasteiger partial charge in [-0.1, -0.05) is 12.1 Å². The lowest BCUT2D eigenvalue weighted by molar-refractivity contribution is 0.370. The predicted octanol–water partition coefficient (Wildman–Crippen LogP) is 2.66.